The molecule has 1 aromatic carbocycles. The maximum Gasteiger partial charge on any atom is 0.230 e. The average molecular weight is 360 g/mol. The molecule has 1 heterocycles. The normalized spacial score (nSPS) is 11.1. The minimum absolute atomic E-state index is 0.000121. The van der Waals surface area contributed by atoms with Gasteiger partial charge in [-0.2, -0.15) is 0 Å². The molecule has 0 saturated carbocycles. The monoisotopic (exact) mass is 359 g/mol. The van der Waals surface area contributed by atoms with E-state index in [0.29, 0.717) is 0 Å². The highest BCUT2D eigenvalue weighted by molar-refractivity contribution is 7.14. The first-order valence-corrected chi connectivity index (χ1v) is 10.0. The highest BCUT2D eigenvalue weighted by Gasteiger charge is 2.20. The highest BCUT2D eigenvalue weighted by Crippen LogP contribution is 2.32. The van der Waals surface area contributed by atoms with Gasteiger partial charge in [0.05, 0.1) is 11.4 Å². The van der Waals surface area contributed by atoms with Gasteiger partial charge in [-0.25, -0.2) is 4.98 Å². The van der Waals surface area contributed by atoms with Crippen molar-refractivity contribution in [2.24, 2.45) is 0 Å². The lowest BCUT2D eigenvalue weighted by Gasteiger charge is -2.21. The first kappa shape index (κ1) is 19.6. The molecular formula is C20H29N3OS. The Bertz CT molecular complexity index is 683. The second-order valence-corrected chi connectivity index (χ2v) is 7.02. The van der Waals surface area contributed by atoms with Crippen LogP contribution in [0.3, 0.4) is 0 Å². The lowest BCUT2D eigenvalue weighted by molar-refractivity contribution is -0.115. The number of carbonyl (C=O) groups is 1. The summed E-state index contributed by atoms with van der Waals surface area (Å²) >= 11 is 1.54. The first-order valence-electron chi connectivity index (χ1n) is 9.16. The molecule has 25 heavy (non-hydrogen) atoms. The summed E-state index contributed by atoms with van der Waals surface area (Å²) in [6.07, 6.45) is 3.29. The molecular weight excluding hydrogens is 330 g/mol. The summed E-state index contributed by atoms with van der Waals surface area (Å²) < 4.78 is 0. The van der Waals surface area contributed by atoms with Gasteiger partial charge in [-0.3, -0.25) is 14.6 Å². The Labute approximate surface area is 155 Å². The van der Waals surface area contributed by atoms with Crippen molar-refractivity contribution in [2.75, 3.05) is 18.0 Å². The van der Waals surface area contributed by atoms with Crippen LogP contribution in [0.4, 0.5) is 10.8 Å². The number of thiazole rings is 1. The fourth-order valence-electron chi connectivity index (χ4n) is 2.87. The van der Waals surface area contributed by atoms with Gasteiger partial charge in [-0.1, -0.05) is 45.4 Å². The Balaban J connectivity index is 2.23. The number of unbranched alkanes of at least 4 members (excludes halogenated alkanes) is 1. The standard InChI is InChI=1S/C20H29N3OS/c1-5-8-13-22(7-3)14-18-15-25-20(21-18)23(16(4)24)19-12-10-9-11-17(19)6-2/h9-12,15H,5-8,13-14H2,1-4H3. The van der Waals surface area contributed by atoms with E-state index < -0.39 is 0 Å². The zero-order valence-electron chi connectivity index (χ0n) is 15.8. The Morgan fingerprint density at radius 2 is 1.96 bits per heavy atom. The van der Waals surface area contributed by atoms with E-state index in [2.05, 4.69) is 37.1 Å². The zero-order chi connectivity index (χ0) is 18.2. The van der Waals surface area contributed by atoms with E-state index in [-0.39, 0.29) is 5.91 Å². The predicted molar refractivity (Wildman–Crippen MR) is 107 cm³/mol. The van der Waals surface area contributed by atoms with Crippen molar-refractivity contribution >= 4 is 28.1 Å². The maximum atomic E-state index is 12.3. The fraction of sp³-hybridized carbons (Fsp3) is 0.500. The minimum atomic E-state index is 0.000121. The highest BCUT2D eigenvalue weighted by atomic mass is 32.1. The van der Waals surface area contributed by atoms with Crippen LogP contribution in [0.1, 0.15) is 51.8 Å². The van der Waals surface area contributed by atoms with Crippen molar-refractivity contribution in [3.63, 3.8) is 0 Å². The van der Waals surface area contributed by atoms with Crippen LogP contribution >= 0.6 is 11.3 Å². The third-order valence-electron chi connectivity index (χ3n) is 4.32. The molecule has 0 radical (unpaired) electrons. The molecule has 1 amide bonds. The smallest absolute Gasteiger partial charge is 0.230 e. The van der Waals surface area contributed by atoms with Crippen molar-refractivity contribution in [2.45, 2.75) is 53.5 Å². The maximum absolute atomic E-state index is 12.3. The van der Waals surface area contributed by atoms with Crippen molar-refractivity contribution in [3.05, 3.63) is 40.9 Å². The number of nitrogens with zero attached hydrogens (tertiary/aromatic N) is 3. The molecule has 0 fully saturated rings. The molecule has 0 aliphatic heterocycles. The van der Waals surface area contributed by atoms with E-state index in [1.165, 1.54) is 12.8 Å². The molecule has 4 nitrogen and oxygen atoms in total. The van der Waals surface area contributed by atoms with Crippen LogP contribution in [0.2, 0.25) is 0 Å². The Kier molecular flexibility index (Phi) is 7.59. The summed E-state index contributed by atoms with van der Waals surface area (Å²) in [5, 5.41) is 2.84. The van der Waals surface area contributed by atoms with Crippen LogP contribution < -0.4 is 4.90 Å². The largest absolute Gasteiger partial charge is 0.298 e. The Morgan fingerprint density at radius 3 is 2.60 bits per heavy atom. The van der Waals surface area contributed by atoms with Crippen LogP contribution in [-0.2, 0) is 17.8 Å². The third-order valence-corrected chi connectivity index (χ3v) is 5.19. The van der Waals surface area contributed by atoms with Gasteiger partial charge in [0.1, 0.15) is 0 Å². The molecule has 0 N–H and O–H groups in total. The summed E-state index contributed by atoms with van der Waals surface area (Å²) in [5.41, 5.74) is 3.14. The van der Waals surface area contributed by atoms with Gasteiger partial charge in [0.15, 0.2) is 5.13 Å². The SMILES string of the molecule is CCCCN(CC)Cc1csc(N(C(C)=O)c2ccccc2CC)n1. The number of rotatable bonds is 9. The second kappa shape index (κ2) is 9.68. The van der Waals surface area contributed by atoms with Crippen molar-refractivity contribution in [1.29, 1.82) is 0 Å². The summed E-state index contributed by atoms with van der Waals surface area (Å²) in [7, 11) is 0. The summed E-state index contributed by atoms with van der Waals surface area (Å²) in [6, 6.07) is 8.06. The van der Waals surface area contributed by atoms with Gasteiger partial charge in [0, 0.05) is 18.8 Å². The van der Waals surface area contributed by atoms with Crippen LogP contribution in [0.25, 0.3) is 0 Å². The third kappa shape index (κ3) is 5.13. The number of hydrogen-bond acceptors (Lipinski definition) is 4. The van der Waals surface area contributed by atoms with E-state index >= 15 is 0 Å². The molecule has 2 aromatic rings. The molecule has 1 aromatic heterocycles. The van der Waals surface area contributed by atoms with E-state index in [4.69, 9.17) is 4.98 Å². The van der Waals surface area contributed by atoms with Gasteiger partial charge in [-0.05, 0) is 37.6 Å². The van der Waals surface area contributed by atoms with E-state index in [0.717, 1.165) is 48.1 Å². The van der Waals surface area contributed by atoms with Crippen molar-refractivity contribution in [3.8, 4) is 0 Å². The molecule has 0 atom stereocenters. The molecule has 0 saturated heterocycles. The number of hydrogen-bond donors (Lipinski definition) is 0. The molecule has 0 bridgehead atoms. The number of aromatic nitrogens is 1. The van der Waals surface area contributed by atoms with Crippen molar-refractivity contribution in [1.82, 2.24) is 9.88 Å². The van der Waals surface area contributed by atoms with Gasteiger partial charge < -0.3 is 0 Å². The van der Waals surface area contributed by atoms with Gasteiger partial charge in [0.2, 0.25) is 5.91 Å². The molecule has 2 rings (SSSR count). The number of aryl methyl sites for hydroxylation is 1. The predicted octanol–water partition coefficient (Wildman–Crippen LogP) is 5.01. The molecule has 5 heteroatoms. The van der Waals surface area contributed by atoms with Gasteiger partial charge in [-0.15, -0.1) is 11.3 Å². The Hall–Kier alpha value is -1.72. The average Bonchev–Trinajstić information content (AvgIpc) is 3.06. The minimum Gasteiger partial charge on any atom is -0.298 e. The lowest BCUT2D eigenvalue weighted by Crippen LogP contribution is -2.25. The number of amides is 1. The summed E-state index contributed by atoms with van der Waals surface area (Å²) in [6.45, 7) is 11.1. The number of para-hydroxylation sites is 1. The van der Waals surface area contributed by atoms with Crippen LogP contribution in [0.5, 0.6) is 0 Å². The van der Waals surface area contributed by atoms with Crippen LogP contribution in [-0.4, -0.2) is 28.9 Å². The summed E-state index contributed by atoms with van der Waals surface area (Å²) in [5.74, 6) is 0.000121. The van der Waals surface area contributed by atoms with E-state index in [1.807, 2.05) is 18.2 Å². The van der Waals surface area contributed by atoms with Gasteiger partial charge in [0.25, 0.3) is 0 Å². The van der Waals surface area contributed by atoms with E-state index in [1.54, 1.807) is 23.2 Å². The molecule has 0 spiro atoms. The Morgan fingerprint density at radius 1 is 1.20 bits per heavy atom. The number of benzene rings is 1. The summed E-state index contributed by atoms with van der Waals surface area (Å²) in [4.78, 5) is 21.2. The fourth-order valence-corrected chi connectivity index (χ4v) is 3.74. The number of anilines is 2. The van der Waals surface area contributed by atoms with Crippen molar-refractivity contribution < 1.29 is 4.79 Å². The lowest BCUT2D eigenvalue weighted by atomic mass is 10.1. The molecule has 136 valence electrons. The topological polar surface area (TPSA) is 36.4 Å². The number of carbonyl (C=O) groups excluding carboxylic acids is 1. The van der Waals surface area contributed by atoms with Crippen LogP contribution in [0.15, 0.2) is 29.6 Å². The zero-order valence-corrected chi connectivity index (χ0v) is 16.6. The van der Waals surface area contributed by atoms with E-state index in [9.17, 15) is 4.79 Å². The quantitative estimate of drug-likeness (QED) is 0.631. The molecule has 0 aliphatic carbocycles. The molecule has 0 aliphatic rings. The van der Waals surface area contributed by atoms with Gasteiger partial charge >= 0.3 is 0 Å². The molecule has 0 unspecified atom stereocenters. The second-order valence-electron chi connectivity index (χ2n) is 6.18. The van der Waals surface area contributed by atoms with Crippen LogP contribution in [0, 0.1) is 0 Å². The first-order chi connectivity index (χ1) is 12.1.